The van der Waals surface area contributed by atoms with E-state index in [1.165, 1.54) is 37.4 Å². The van der Waals surface area contributed by atoms with Gasteiger partial charge in [-0.15, -0.1) is 0 Å². The van der Waals surface area contributed by atoms with E-state index in [1.807, 2.05) is 32.1 Å². The topological polar surface area (TPSA) is 203 Å². The highest BCUT2D eigenvalue weighted by Gasteiger charge is 2.54. The second kappa shape index (κ2) is 21.4. The average molecular weight is 914 g/mol. The van der Waals surface area contributed by atoms with E-state index < -0.39 is 40.9 Å². The molecule has 0 saturated heterocycles. The van der Waals surface area contributed by atoms with Crippen molar-refractivity contribution in [3.63, 3.8) is 0 Å². The molecule has 3 aromatic rings. The van der Waals surface area contributed by atoms with Gasteiger partial charge in [0.05, 0.1) is 0 Å². The minimum absolute atomic E-state index is 0.000776. The fourth-order valence-electron chi connectivity index (χ4n) is 9.69. The molecule has 5 atom stereocenters. The Labute approximate surface area is 394 Å². The molecule has 0 bridgehead atoms. The zero-order valence-corrected chi connectivity index (χ0v) is 40.3. The van der Waals surface area contributed by atoms with Gasteiger partial charge in [0, 0.05) is 54.8 Å². The number of amides is 4. The fourth-order valence-corrected chi connectivity index (χ4v) is 9.69. The Bertz CT molecular complexity index is 2500. The van der Waals surface area contributed by atoms with Crippen LogP contribution in [0.25, 0.3) is 0 Å². The molecule has 0 radical (unpaired) electrons. The molecule has 356 valence electrons. The number of carbonyl (C=O) groups is 5. The SMILES string of the molecule is CC[C@@H](C)/C(=C\[C@@H](CNC(=O)c1cccc(C(=O)NC2=C[C@@H](C)C(CNC(=O)c3cccc(C(=O)NC)n3)=C(C3(C)C(=O)C(C)=C3O)[C@H]2C)n1)C(C)C)N(c1ccc(O)cc1)C1CCCCC1. The van der Waals surface area contributed by atoms with E-state index >= 15 is 0 Å². The molecule has 14 heteroatoms. The molecule has 3 aliphatic rings. The first-order valence-corrected chi connectivity index (χ1v) is 23.6. The lowest BCUT2D eigenvalue weighted by Crippen LogP contribution is -2.48. The van der Waals surface area contributed by atoms with E-state index in [0.29, 0.717) is 29.4 Å². The number of anilines is 1. The standard InChI is InChI=1S/C53H67N7O7/c1-10-31(4)45(60(36-16-12-11-13-17-36)37-22-24-38(61)25-23-37)27-35(30(2)3)28-55-50(65)41-20-15-21-43(58-41)52(67)59-44-26-32(5)39(46(33(44)6)53(8)47(62)34(7)48(53)63)29-56-51(66)42-19-14-18-40(57-42)49(64)54-9/h14-15,18-27,30-33,35-36,61-62H,10-13,16-17,28-29H2,1-9H3,(H,54,64)(H,55,65)(H,56,66)(H,59,67)/b45-27+/t31-,32-,33+,35+,53?/m1/s1. The summed E-state index contributed by atoms with van der Waals surface area (Å²) < 4.78 is 0. The smallest absolute Gasteiger partial charge is 0.274 e. The molecule has 6 rings (SSSR count). The molecule has 14 nitrogen and oxygen atoms in total. The van der Waals surface area contributed by atoms with E-state index in [4.69, 9.17) is 0 Å². The van der Waals surface area contributed by atoms with Crippen LogP contribution in [0.3, 0.4) is 0 Å². The number of phenols is 1. The Hall–Kier alpha value is -6.57. The third-order valence-electron chi connectivity index (χ3n) is 13.9. The van der Waals surface area contributed by atoms with Crippen LogP contribution in [0, 0.1) is 35.0 Å². The van der Waals surface area contributed by atoms with Gasteiger partial charge in [0.15, 0.2) is 5.78 Å². The van der Waals surface area contributed by atoms with Gasteiger partial charge in [0.25, 0.3) is 23.6 Å². The van der Waals surface area contributed by atoms with E-state index in [0.717, 1.165) is 37.8 Å². The molecule has 4 amide bonds. The van der Waals surface area contributed by atoms with E-state index in [1.54, 1.807) is 44.2 Å². The van der Waals surface area contributed by atoms with Crippen molar-refractivity contribution in [1.82, 2.24) is 31.2 Å². The number of pyridine rings is 2. The highest BCUT2D eigenvalue weighted by Crippen LogP contribution is 2.53. The quantitative estimate of drug-likeness (QED) is 0.0715. The summed E-state index contributed by atoms with van der Waals surface area (Å²) >= 11 is 0. The molecule has 1 saturated carbocycles. The molecule has 6 N–H and O–H groups in total. The number of nitrogens with zero attached hydrogens (tertiary/aromatic N) is 3. The maximum atomic E-state index is 14.0. The zero-order valence-electron chi connectivity index (χ0n) is 40.3. The van der Waals surface area contributed by atoms with E-state index in [2.05, 4.69) is 69.9 Å². The lowest BCUT2D eigenvalue weighted by atomic mass is 9.58. The lowest BCUT2D eigenvalue weighted by molar-refractivity contribution is -0.126. The first kappa shape index (κ1) is 49.9. The van der Waals surface area contributed by atoms with Crippen LogP contribution in [-0.2, 0) is 4.79 Å². The molecular weight excluding hydrogens is 847 g/mol. The van der Waals surface area contributed by atoms with Crippen molar-refractivity contribution >= 4 is 35.1 Å². The van der Waals surface area contributed by atoms with E-state index in [9.17, 15) is 34.2 Å². The first-order valence-electron chi connectivity index (χ1n) is 23.6. The molecular formula is C53H67N7O7. The number of aliphatic hydroxyl groups is 1. The number of benzene rings is 1. The highest BCUT2D eigenvalue weighted by atomic mass is 16.3. The van der Waals surface area contributed by atoms with Gasteiger partial charge in [0.1, 0.15) is 39.7 Å². The highest BCUT2D eigenvalue weighted by molar-refractivity contribution is 6.11. The number of phenolic OH excluding ortho intramolecular Hbond substituents is 1. The number of nitrogens with one attached hydrogen (secondary N) is 4. The van der Waals surface area contributed by atoms with Crippen molar-refractivity contribution in [2.45, 2.75) is 100.0 Å². The second-order valence-corrected chi connectivity index (χ2v) is 18.7. The minimum Gasteiger partial charge on any atom is -0.510 e. The van der Waals surface area contributed by atoms with Crippen molar-refractivity contribution in [1.29, 1.82) is 0 Å². The molecule has 1 unspecified atom stereocenters. The molecule has 3 aliphatic carbocycles. The fraction of sp³-hybridized carbons (Fsp3) is 0.453. The maximum absolute atomic E-state index is 14.0. The summed E-state index contributed by atoms with van der Waals surface area (Å²) in [6.07, 6.45) is 10.8. The monoisotopic (exact) mass is 914 g/mol. The van der Waals surface area contributed by atoms with Crippen LogP contribution < -0.4 is 26.2 Å². The minimum atomic E-state index is -1.40. The normalized spacial score (nSPS) is 21.0. The lowest BCUT2D eigenvalue weighted by Gasteiger charge is -2.45. The van der Waals surface area contributed by atoms with Gasteiger partial charge in [-0.05, 0) is 116 Å². The largest absolute Gasteiger partial charge is 0.510 e. The molecule has 0 spiro atoms. The number of Topliss-reactive ketones (excluding diaryl/α,β-unsaturated/α-hetero) is 1. The van der Waals surface area contributed by atoms with Crippen LogP contribution >= 0.6 is 0 Å². The summed E-state index contributed by atoms with van der Waals surface area (Å²) in [5.41, 5.74) is 3.03. The van der Waals surface area contributed by atoms with Gasteiger partial charge in [-0.1, -0.05) is 85.1 Å². The summed E-state index contributed by atoms with van der Waals surface area (Å²) in [4.78, 5) is 78.1. The van der Waals surface area contributed by atoms with Crippen LogP contribution in [0.2, 0.25) is 0 Å². The Balaban J connectivity index is 1.20. The molecule has 0 aliphatic heterocycles. The summed E-state index contributed by atoms with van der Waals surface area (Å²) in [7, 11) is 1.47. The number of ketones is 1. The summed E-state index contributed by atoms with van der Waals surface area (Å²) in [6, 6.07) is 17.1. The number of allylic oxidation sites excluding steroid dienone is 5. The number of hydrogen-bond acceptors (Lipinski definition) is 10. The molecule has 2 aromatic heterocycles. The number of aliphatic hydroxyl groups excluding tert-OH is 1. The third-order valence-corrected chi connectivity index (χ3v) is 13.9. The summed E-state index contributed by atoms with van der Waals surface area (Å²) in [5.74, 6) is -2.66. The zero-order chi connectivity index (χ0) is 48.7. The Morgan fingerprint density at radius 1 is 0.836 bits per heavy atom. The average Bonchev–Trinajstić information content (AvgIpc) is 3.34. The first-order chi connectivity index (χ1) is 31.9. The number of hydrogen-bond donors (Lipinski definition) is 6. The van der Waals surface area contributed by atoms with Crippen molar-refractivity contribution in [2.75, 3.05) is 25.0 Å². The van der Waals surface area contributed by atoms with Crippen LogP contribution in [-0.4, -0.2) is 75.8 Å². The predicted octanol–water partition coefficient (Wildman–Crippen LogP) is 8.36. The van der Waals surface area contributed by atoms with Crippen LogP contribution in [0.5, 0.6) is 5.75 Å². The number of rotatable bonds is 17. The van der Waals surface area contributed by atoms with Gasteiger partial charge in [-0.3, -0.25) is 24.0 Å². The number of carbonyl (C=O) groups excluding carboxylic acids is 5. The molecule has 2 heterocycles. The van der Waals surface area contributed by atoms with Crippen LogP contribution in [0.4, 0.5) is 5.69 Å². The van der Waals surface area contributed by atoms with Gasteiger partial charge in [-0.2, -0.15) is 0 Å². The number of aromatic nitrogens is 2. The predicted molar refractivity (Wildman–Crippen MR) is 259 cm³/mol. The molecule has 1 fully saturated rings. The third kappa shape index (κ3) is 10.7. The Morgan fingerprint density at radius 2 is 1.40 bits per heavy atom. The Kier molecular flexibility index (Phi) is 15.9. The Morgan fingerprint density at radius 3 is 1.96 bits per heavy atom. The molecule has 67 heavy (non-hydrogen) atoms. The van der Waals surface area contributed by atoms with Crippen LogP contribution in [0.1, 0.15) is 136 Å². The van der Waals surface area contributed by atoms with Gasteiger partial charge < -0.3 is 36.4 Å². The summed E-state index contributed by atoms with van der Waals surface area (Å²) in [6.45, 7) is 16.0. The van der Waals surface area contributed by atoms with Crippen molar-refractivity contribution < 1.29 is 34.2 Å². The van der Waals surface area contributed by atoms with Crippen LogP contribution in [0.15, 0.2) is 107 Å². The van der Waals surface area contributed by atoms with Gasteiger partial charge in [-0.25, -0.2) is 9.97 Å². The van der Waals surface area contributed by atoms with Crippen molar-refractivity contribution in [2.24, 2.45) is 35.0 Å². The maximum Gasteiger partial charge on any atom is 0.274 e. The summed E-state index contributed by atoms with van der Waals surface area (Å²) in [5, 5.41) is 32.8. The van der Waals surface area contributed by atoms with Crippen molar-refractivity contribution in [3.05, 3.63) is 129 Å². The van der Waals surface area contributed by atoms with E-state index in [-0.39, 0.29) is 69.9 Å². The number of aromatic hydroxyl groups is 1. The van der Waals surface area contributed by atoms with Crippen molar-refractivity contribution in [3.8, 4) is 5.75 Å². The van der Waals surface area contributed by atoms with Gasteiger partial charge in [0.2, 0.25) is 0 Å². The molecule has 1 aromatic carbocycles. The second-order valence-electron chi connectivity index (χ2n) is 18.7. The van der Waals surface area contributed by atoms with Gasteiger partial charge >= 0.3 is 0 Å².